The zero-order valence-corrected chi connectivity index (χ0v) is 16.2. The molecule has 9 heteroatoms. The molecule has 1 amide bonds. The van der Waals surface area contributed by atoms with Gasteiger partial charge in [0, 0.05) is 30.8 Å². The van der Waals surface area contributed by atoms with E-state index in [1.54, 1.807) is 23.1 Å². The van der Waals surface area contributed by atoms with Gasteiger partial charge in [-0.1, -0.05) is 23.9 Å². The fourth-order valence-corrected chi connectivity index (χ4v) is 4.40. The molecule has 1 aromatic heterocycles. The van der Waals surface area contributed by atoms with Gasteiger partial charge in [-0.25, -0.2) is 9.89 Å². The van der Waals surface area contributed by atoms with Crippen molar-refractivity contribution in [1.29, 1.82) is 0 Å². The van der Waals surface area contributed by atoms with Crippen molar-refractivity contribution in [2.45, 2.75) is 43.5 Å². The topological polar surface area (TPSA) is 97.3 Å². The summed E-state index contributed by atoms with van der Waals surface area (Å²) in [6.45, 7) is 1.85. The summed E-state index contributed by atoms with van der Waals surface area (Å²) in [5.41, 5.74) is 1.02. The van der Waals surface area contributed by atoms with Crippen LogP contribution in [0.15, 0.2) is 34.2 Å². The first-order valence-electron chi connectivity index (χ1n) is 9.45. The van der Waals surface area contributed by atoms with Crippen LogP contribution >= 0.6 is 11.8 Å². The van der Waals surface area contributed by atoms with Gasteiger partial charge < -0.3 is 9.64 Å². The molecule has 0 unspecified atom stereocenters. The quantitative estimate of drug-likeness (QED) is 0.561. The van der Waals surface area contributed by atoms with E-state index in [4.69, 9.17) is 4.74 Å². The molecule has 2 saturated heterocycles. The van der Waals surface area contributed by atoms with Crippen LogP contribution < -0.4 is 10.6 Å². The van der Waals surface area contributed by atoms with Crippen LogP contribution in [0.2, 0.25) is 0 Å². The van der Waals surface area contributed by atoms with E-state index in [-0.39, 0.29) is 29.2 Å². The Morgan fingerprint density at radius 2 is 2.21 bits per heavy atom. The molecule has 2 aliphatic heterocycles. The van der Waals surface area contributed by atoms with E-state index in [9.17, 15) is 14.4 Å². The molecule has 0 radical (unpaired) electrons. The lowest BCUT2D eigenvalue weighted by molar-refractivity contribution is -0.117. The van der Waals surface area contributed by atoms with Gasteiger partial charge in [-0.15, -0.1) is 5.10 Å². The summed E-state index contributed by atoms with van der Waals surface area (Å²) < 4.78 is 7.13. The average molecular weight is 402 g/mol. The Kier molecular flexibility index (Phi) is 5.63. The number of aromatic amines is 1. The van der Waals surface area contributed by atoms with Gasteiger partial charge in [0.15, 0.2) is 10.9 Å². The molecule has 2 fully saturated rings. The molecule has 4 rings (SSSR count). The number of carbonyl (C=O) groups excluding carboxylic acids is 2. The molecule has 1 N–H and O–H groups in total. The van der Waals surface area contributed by atoms with Crippen LogP contribution in [-0.2, 0) is 16.1 Å². The van der Waals surface area contributed by atoms with Crippen LogP contribution in [0.1, 0.15) is 36.0 Å². The van der Waals surface area contributed by atoms with E-state index in [1.807, 2.05) is 6.07 Å². The van der Waals surface area contributed by atoms with Crippen LogP contribution in [0.5, 0.6) is 0 Å². The Morgan fingerprint density at radius 1 is 1.32 bits per heavy atom. The molecule has 3 heterocycles. The zero-order valence-electron chi connectivity index (χ0n) is 15.4. The number of nitrogens with zero attached hydrogens (tertiary/aromatic N) is 3. The second kappa shape index (κ2) is 8.32. The molecule has 0 aliphatic carbocycles. The summed E-state index contributed by atoms with van der Waals surface area (Å²) in [5, 5.41) is 6.98. The summed E-state index contributed by atoms with van der Waals surface area (Å²) >= 11 is 1.23. The number of hydrogen-bond donors (Lipinski definition) is 1. The monoisotopic (exact) mass is 402 g/mol. The summed E-state index contributed by atoms with van der Waals surface area (Å²) in [4.78, 5) is 38.3. The number of ketones is 1. The molecular weight excluding hydrogens is 380 g/mol. The number of thioether (sulfide) groups is 1. The number of benzene rings is 1. The predicted molar refractivity (Wildman–Crippen MR) is 105 cm³/mol. The molecule has 0 bridgehead atoms. The molecule has 2 aliphatic rings. The van der Waals surface area contributed by atoms with Crippen LogP contribution in [-0.4, -0.2) is 51.5 Å². The van der Waals surface area contributed by atoms with Crippen molar-refractivity contribution in [3.8, 4) is 0 Å². The van der Waals surface area contributed by atoms with Crippen molar-refractivity contribution in [2.24, 2.45) is 0 Å². The predicted octanol–water partition coefficient (Wildman–Crippen LogP) is 1.85. The summed E-state index contributed by atoms with van der Waals surface area (Å²) in [6.07, 6.45) is 3.32. The molecule has 2 aromatic rings. The molecule has 0 spiro atoms. The highest BCUT2D eigenvalue weighted by atomic mass is 32.2. The number of H-pyrrole nitrogens is 1. The smallest absolute Gasteiger partial charge is 0.344 e. The van der Waals surface area contributed by atoms with Crippen LogP contribution in [0.4, 0.5) is 5.69 Å². The maximum absolute atomic E-state index is 12.7. The van der Waals surface area contributed by atoms with Crippen LogP contribution in [0, 0.1) is 0 Å². The first-order chi connectivity index (χ1) is 13.6. The number of anilines is 1. The second-order valence-corrected chi connectivity index (χ2v) is 7.91. The second-order valence-electron chi connectivity index (χ2n) is 6.97. The molecule has 1 atom stereocenters. The standard InChI is InChI=1S/C19H22N4O4S/c24-16(13-4-1-5-14(10-13)22-8-2-7-17(22)25)12-28-19-21-20-18(26)23(19)11-15-6-3-9-27-15/h1,4-5,10,15H,2-3,6-9,11-12H2,(H,20,26)/t15-/m0/s1. The molecule has 0 saturated carbocycles. The third-order valence-corrected chi connectivity index (χ3v) is 6.00. The maximum Gasteiger partial charge on any atom is 0.344 e. The van der Waals surface area contributed by atoms with Gasteiger partial charge in [0.1, 0.15) is 0 Å². The van der Waals surface area contributed by atoms with E-state index >= 15 is 0 Å². The van der Waals surface area contributed by atoms with Crippen molar-refractivity contribution in [3.05, 3.63) is 40.3 Å². The lowest BCUT2D eigenvalue weighted by Crippen LogP contribution is -2.25. The third-order valence-electron chi connectivity index (χ3n) is 5.02. The Bertz CT molecular complexity index is 932. The Morgan fingerprint density at radius 3 is 2.96 bits per heavy atom. The minimum absolute atomic E-state index is 0.0139. The molecular formula is C19H22N4O4S. The number of rotatable bonds is 7. The summed E-state index contributed by atoms with van der Waals surface area (Å²) in [6, 6.07) is 7.15. The highest BCUT2D eigenvalue weighted by molar-refractivity contribution is 7.99. The molecule has 28 heavy (non-hydrogen) atoms. The summed E-state index contributed by atoms with van der Waals surface area (Å²) in [5.74, 6) is 0.180. The SMILES string of the molecule is O=C(CSc1n[nH]c(=O)n1C[C@@H]1CCCO1)c1cccc(N2CCCC2=O)c1. The normalized spacial score (nSPS) is 19.5. The zero-order chi connectivity index (χ0) is 19.5. The van der Waals surface area contributed by atoms with E-state index in [2.05, 4.69) is 10.2 Å². The van der Waals surface area contributed by atoms with E-state index in [1.165, 1.54) is 16.3 Å². The van der Waals surface area contributed by atoms with Crippen molar-refractivity contribution in [1.82, 2.24) is 14.8 Å². The first kappa shape index (κ1) is 18.9. The highest BCUT2D eigenvalue weighted by Gasteiger charge is 2.23. The van der Waals surface area contributed by atoms with Gasteiger partial charge in [-0.3, -0.25) is 14.2 Å². The van der Waals surface area contributed by atoms with Crippen LogP contribution in [0.3, 0.4) is 0 Å². The molecule has 1 aromatic carbocycles. The average Bonchev–Trinajstić information content (AvgIpc) is 3.44. The number of aromatic nitrogens is 3. The van der Waals surface area contributed by atoms with Gasteiger partial charge in [0.05, 0.1) is 18.4 Å². The van der Waals surface area contributed by atoms with Gasteiger partial charge in [-0.05, 0) is 31.4 Å². The highest BCUT2D eigenvalue weighted by Crippen LogP contribution is 2.24. The number of carbonyl (C=O) groups is 2. The number of amides is 1. The minimum atomic E-state index is -0.292. The first-order valence-corrected chi connectivity index (χ1v) is 10.4. The van der Waals surface area contributed by atoms with Crippen molar-refractivity contribution < 1.29 is 14.3 Å². The number of hydrogen-bond acceptors (Lipinski definition) is 6. The number of nitrogens with one attached hydrogen (secondary N) is 1. The largest absolute Gasteiger partial charge is 0.376 e. The Hall–Kier alpha value is -2.39. The van der Waals surface area contributed by atoms with E-state index in [0.29, 0.717) is 36.8 Å². The number of ether oxygens (including phenoxy) is 1. The third kappa shape index (κ3) is 4.05. The van der Waals surface area contributed by atoms with Gasteiger partial charge in [-0.2, -0.15) is 0 Å². The fraction of sp³-hybridized carbons (Fsp3) is 0.474. The fourth-order valence-electron chi connectivity index (χ4n) is 3.55. The van der Waals surface area contributed by atoms with Gasteiger partial charge in [0.2, 0.25) is 5.91 Å². The lowest BCUT2D eigenvalue weighted by Gasteiger charge is -2.16. The lowest BCUT2D eigenvalue weighted by atomic mass is 10.1. The van der Waals surface area contributed by atoms with Gasteiger partial charge >= 0.3 is 5.69 Å². The maximum atomic E-state index is 12.7. The van der Waals surface area contributed by atoms with Crippen molar-refractivity contribution in [3.63, 3.8) is 0 Å². The number of Topliss-reactive ketones (excluding diaryl/α,β-unsaturated/α-hetero) is 1. The van der Waals surface area contributed by atoms with Crippen molar-refractivity contribution in [2.75, 3.05) is 23.8 Å². The van der Waals surface area contributed by atoms with Crippen molar-refractivity contribution >= 4 is 29.1 Å². The van der Waals surface area contributed by atoms with Gasteiger partial charge in [0.25, 0.3) is 0 Å². The van der Waals surface area contributed by atoms with Crippen LogP contribution in [0.25, 0.3) is 0 Å². The van der Waals surface area contributed by atoms with E-state index in [0.717, 1.165) is 24.9 Å². The van der Waals surface area contributed by atoms with E-state index < -0.39 is 0 Å². The minimum Gasteiger partial charge on any atom is -0.376 e. The Balaban J connectivity index is 1.42. The molecule has 8 nitrogen and oxygen atoms in total. The Labute approximate surface area is 166 Å². The molecule has 148 valence electrons. The summed E-state index contributed by atoms with van der Waals surface area (Å²) in [7, 11) is 0.